The van der Waals surface area contributed by atoms with Crippen LogP contribution in [-0.2, 0) is 6.42 Å². The van der Waals surface area contributed by atoms with Crippen molar-refractivity contribution in [3.05, 3.63) is 11.7 Å². The third-order valence-electron chi connectivity index (χ3n) is 4.09. The molecule has 1 aliphatic carbocycles. The smallest absolute Gasteiger partial charge is 0.229 e. The Morgan fingerprint density at radius 1 is 1.39 bits per heavy atom. The number of nitrogens with zero attached hydrogens (tertiary/aromatic N) is 2. The lowest BCUT2D eigenvalue weighted by molar-refractivity contribution is 0.158. The standard InChI is InChI=1S/C14H24N2O2/c1-3-10-6-5-7-11(8-10)14-15-13(18-16-14)9-12(17)4-2/h10-12,17H,3-9H2,1-2H3. The Morgan fingerprint density at radius 2 is 2.22 bits per heavy atom. The van der Waals surface area contributed by atoms with E-state index < -0.39 is 0 Å². The molecule has 0 radical (unpaired) electrons. The van der Waals surface area contributed by atoms with Crippen LogP contribution in [0.1, 0.15) is 70.0 Å². The molecule has 1 heterocycles. The molecule has 3 atom stereocenters. The number of aliphatic hydroxyl groups is 1. The van der Waals surface area contributed by atoms with Crippen LogP contribution in [0.25, 0.3) is 0 Å². The maximum absolute atomic E-state index is 9.58. The van der Waals surface area contributed by atoms with Crippen LogP contribution in [0.4, 0.5) is 0 Å². The lowest BCUT2D eigenvalue weighted by atomic mass is 9.80. The second-order valence-electron chi connectivity index (χ2n) is 5.45. The number of rotatable bonds is 5. The predicted molar refractivity (Wildman–Crippen MR) is 69.3 cm³/mol. The first-order valence-electron chi connectivity index (χ1n) is 7.23. The lowest BCUT2D eigenvalue weighted by Crippen LogP contribution is -2.15. The lowest BCUT2D eigenvalue weighted by Gasteiger charge is -2.26. The van der Waals surface area contributed by atoms with Gasteiger partial charge in [-0.05, 0) is 25.2 Å². The summed E-state index contributed by atoms with van der Waals surface area (Å²) in [6.07, 6.45) is 7.05. The molecular formula is C14H24N2O2. The molecular weight excluding hydrogens is 228 g/mol. The van der Waals surface area contributed by atoms with Crippen molar-refractivity contribution >= 4 is 0 Å². The number of hydrogen-bond donors (Lipinski definition) is 1. The molecule has 3 unspecified atom stereocenters. The van der Waals surface area contributed by atoms with Gasteiger partial charge in [0, 0.05) is 5.92 Å². The zero-order chi connectivity index (χ0) is 13.0. The molecule has 1 N–H and O–H groups in total. The Morgan fingerprint density at radius 3 is 2.94 bits per heavy atom. The molecule has 0 amide bonds. The van der Waals surface area contributed by atoms with Gasteiger partial charge in [0.1, 0.15) is 0 Å². The first kappa shape index (κ1) is 13.5. The summed E-state index contributed by atoms with van der Waals surface area (Å²) >= 11 is 0. The quantitative estimate of drug-likeness (QED) is 0.875. The van der Waals surface area contributed by atoms with Gasteiger partial charge < -0.3 is 9.63 Å². The summed E-state index contributed by atoms with van der Waals surface area (Å²) in [5.74, 6) is 2.70. The van der Waals surface area contributed by atoms with E-state index in [1.807, 2.05) is 6.92 Å². The minimum atomic E-state index is -0.368. The van der Waals surface area contributed by atoms with E-state index in [9.17, 15) is 5.11 Å². The molecule has 1 aromatic rings. The van der Waals surface area contributed by atoms with Crippen molar-refractivity contribution in [1.82, 2.24) is 10.1 Å². The minimum absolute atomic E-state index is 0.368. The number of aliphatic hydroxyl groups excluding tert-OH is 1. The minimum Gasteiger partial charge on any atom is -0.393 e. The van der Waals surface area contributed by atoms with Gasteiger partial charge in [-0.2, -0.15) is 4.98 Å². The molecule has 2 rings (SSSR count). The molecule has 0 saturated heterocycles. The Labute approximate surface area is 109 Å². The van der Waals surface area contributed by atoms with E-state index in [4.69, 9.17) is 4.52 Å². The Balaban J connectivity index is 1.96. The van der Waals surface area contributed by atoms with E-state index in [2.05, 4.69) is 17.1 Å². The summed E-state index contributed by atoms with van der Waals surface area (Å²) in [4.78, 5) is 4.45. The van der Waals surface area contributed by atoms with Gasteiger partial charge in [-0.3, -0.25) is 0 Å². The van der Waals surface area contributed by atoms with E-state index in [0.29, 0.717) is 18.2 Å². The third kappa shape index (κ3) is 3.31. The van der Waals surface area contributed by atoms with Crippen LogP contribution < -0.4 is 0 Å². The van der Waals surface area contributed by atoms with Gasteiger partial charge in [0.25, 0.3) is 0 Å². The second kappa shape index (κ2) is 6.32. The molecule has 4 heteroatoms. The third-order valence-corrected chi connectivity index (χ3v) is 4.09. The van der Waals surface area contributed by atoms with E-state index in [0.717, 1.165) is 18.2 Å². The molecule has 18 heavy (non-hydrogen) atoms. The van der Waals surface area contributed by atoms with Gasteiger partial charge >= 0.3 is 0 Å². The average molecular weight is 252 g/mol. The molecule has 0 spiro atoms. The van der Waals surface area contributed by atoms with Crippen molar-refractivity contribution in [1.29, 1.82) is 0 Å². The fourth-order valence-corrected chi connectivity index (χ4v) is 2.76. The average Bonchev–Trinajstić information content (AvgIpc) is 2.87. The van der Waals surface area contributed by atoms with Crippen molar-refractivity contribution in [3.8, 4) is 0 Å². The molecule has 0 bridgehead atoms. The molecule has 1 aromatic heterocycles. The molecule has 4 nitrogen and oxygen atoms in total. The highest BCUT2D eigenvalue weighted by Gasteiger charge is 2.26. The van der Waals surface area contributed by atoms with Crippen LogP contribution in [0, 0.1) is 5.92 Å². The molecule has 1 aliphatic rings. The molecule has 102 valence electrons. The van der Waals surface area contributed by atoms with Crippen molar-refractivity contribution in [2.75, 3.05) is 0 Å². The summed E-state index contributed by atoms with van der Waals surface area (Å²) in [6.45, 7) is 4.21. The highest BCUT2D eigenvalue weighted by molar-refractivity contribution is 4.98. The summed E-state index contributed by atoms with van der Waals surface area (Å²) in [5, 5.41) is 13.7. The van der Waals surface area contributed by atoms with Crippen molar-refractivity contribution in [3.63, 3.8) is 0 Å². The number of hydrogen-bond acceptors (Lipinski definition) is 4. The number of aromatic nitrogens is 2. The summed E-state index contributed by atoms with van der Waals surface area (Å²) < 4.78 is 5.24. The van der Waals surface area contributed by atoms with Gasteiger partial charge in [0.2, 0.25) is 5.89 Å². The topological polar surface area (TPSA) is 59.2 Å². The molecule has 0 aromatic carbocycles. The first-order chi connectivity index (χ1) is 8.72. The van der Waals surface area contributed by atoms with Crippen LogP contribution >= 0.6 is 0 Å². The molecule has 1 fully saturated rings. The monoisotopic (exact) mass is 252 g/mol. The fraction of sp³-hybridized carbons (Fsp3) is 0.857. The van der Waals surface area contributed by atoms with Gasteiger partial charge in [-0.1, -0.05) is 38.3 Å². The van der Waals surface area contributed by atoms with E-state index >= 15 is 0 Å². The van der Waals surface area contributed by atoms with Crippen LogP contribution in [-0.4, -0.2) is 21.4 Å². The summed E-state index contributed by atoms with van der Waals surface area (Å²) in [5.41, 5.74) is 0. The highest BCUT2D eigenvalue weighted by atomic mass is 16.5. The maximum Gasteiger partial charge on any atom is 0.229 e. The second-order valence-corrected chi connectivity index (χ2v) is 5.45. The normalized spacial score (nSPS) is 26.2. The molecule has 0 aliphatic heterocycles. The zero-order valence-electron chi connectivity index (χ0n) is 11.4. The van der Waals surface area contributed by atoms with E-state index in [1.54, 1.807) is 0 Å². The largest absolute Gasteiger partial charge is 0.393 e. The predicted octanol–water partition coefficient (Wildman–Crippen LogP) is 3.07. The van der Waals surface area contributed by atoms with E-state index in [1.165, 1.54) is 32.1 Å². The summed E-state index contributed by atoms with van der Waals surface area (Å²) in [6, 6.07) is 0. The first-order valence-corrected chi connectivity index (χ1v) is 7.23. The Hall–Kier alpha value is -0.900. The van der Waals surface area contributed by atoms with Crippen LogP contribution in [0.2, 0.25) is 0 Å². The Kier molecular flexibility index (Phi) is 4.75. The maximum atomic E-state index is 9.58. The van der Waals surface area contributed by atoms with Gasteiger partial charge in [0.15, 0.2) is 5.82 Å². The van der Waals surface area contributed by atoms with Crippen LogP contribution in [0.15, 0.2) is 4.52 Å². The van der Waals surface area contributed by atoms with Crippen molar-refractivity contribution in [2.45, 2.75) is 70.8 Å². The highest BCUT2D eigenvalue weighted by Crippen LogP contribution is 2.36. The van der Waals surface area contributed by atoms with Gasteiger partial charge in [-0.15, -0.1) is 0 Å². The van der Waals surface area contributed by atoms with Gasteiger partial charge in [0.05, 0.1) is 12.5 Å². The van der Waals surface area contributed by atoms with Gasteiger partial charge in [-0.25, -0.2) is 0 Å². The van der Waals surface area contributed by atoms with Crippen molar-refractivity contribution < 1.29 is 9.63 Å². The van der Waals surface area contributed by atoms with Crippen LogP contribution in [0.5, 0.6) is 0 Å². The van der Waals surface area contributed by atoms with Crippen LogP contribution in [0.3, 0.4) is 0 Å². The van der Waals surface area contributed by atoms with E-state index in [-0.39, 0.29) is 6.10 Å². The van der Waals surface area contributed by atoms with Crippen molar-refractivity contribution in [2.24, 2.45) is 5.92 Å². The Bertz CT molecular complexity index is 364. The summed E-state index contributed by atoms with van der Waals surface area (Å²) in [7, 11) is 0. The zero-order valence-corrected chi connectivity index (χ0v) is 11.4. The fourth-order valence-electron chi connectivity index (χ4n) is 2.76. The SMILES string of the molecule is CCC(O)Cc1nc(C2CCCC(CC)C2)no1. The molecule has 1 saturated carbocycles.